The van der Waals surface area contributed by atoms with Gasteiger partial charge in [-0.2, -0.15) is 0 Å². The van der Waals surface area contributed by atoms with Gasteiger partial charge in [0, 0.05) is 12.8 Å². The fourth-order valence-corrected chi connectivity index (χ4v) is 1.43. The van der Waals surface area contributed by atoms with Crippen LogP contribution in [0.25, 0.3) is 0 Å². The minimum absolute atomic E-state index is 0.397. The number of anilines is 1. The molecule has 1 unspecified atom stereocenters. The molecule has 1 saturated heterocycles. The molecular formula is C9H11ClN2O. The first kappa shape index (κ1) is 8.78. The van der Waals surface area contributed by atoms with E-state index in [4.69, 9.17) is 16.3 Å². The molecule has 1 aromatic rings. The van der Waals surface area contributed by atoms with Crippen LogP contribution in [0.5, 0.6) is 0 Å². The fourth-order valence-electron chi connectivity index (χ4n) is 1.32. The predicted octanol–water partition coefficient (Wildman–Crippen LogP) is 1.94. The van der Waals surface area contributed by atoms with Crippen LogP contribution in [0.2, 0.25) is 5.02 Å². The summed E-state index contributed by atoms with van der Waals surface area (Å²) in [6.07, 6.45) is 2.68. The molecule has 0 aliphatic carbocycles. The molecular weight excluding hydrogens is 188 g/mol. The number of ether oxygens (including phenoxy) is 1. The quantitative estimate of drug-likeness (QED) is 0.789. The minimum atomic E-state index is 0.397. The van der Waals surface area contributed by atoms with Gasteiger partial charge in [-0.05, 0) is 18.6 Å². The van der Waals surface area contributed by atoms with Crippen molar-refractivity contribution in [3.8, 4) is 0 Å². The van der Waals surface area contributed by atoms with Crippen LogP contribution in [0.1, 0.15) is 6.42 Å². The smallest absolute Gasteiger partial charge is 0.126 e. The summed E-state index contributed by atoms with van der Waals surface area (Å²) in [7, 11) is 0. The summed E-state index contributed by atoms with van der Waals surface area (Å²) in [5.74, 6) is 0.861. The van der Waals surface area contributed by atoms with Crippen molar-refractivity contribution in [3.63, 3.8) is 0 Å². The van der Waals surface area contributed by atoms with Crippen molar-refractivity contribution < 1.29 is 4.74 Å². The molecule has 0 radical (unpaired) electrons. The average Bonchev–Trinajstić information content (AvgIpc) is 2.62. The number of rotatable bonds is 2. The molecule has 0 amide bonds. The highest BCUT2D eigenvalue weighted by Crippen LogP contribution is 2.13. The first-order chi connectivity index (χ1) is 6.34. The van der Waals surface area contributed by atoms with Crippen molar-refractivity contribution >= 4 is 17.4 Å². The summed E-state index contributed by atoms with van der Waals surface area (Å²) in [5.41, 5.74) is 0. The van der Waals surface area contributed by atoms with Crippen LogP contribution in [-0.2, 0) is 4.74 Å². The van der Waals surface area contributed by atoms with Gasteiger partial charge in [0.2, 0.25) is 0 Å². The van der Waals surface area contributed by atoms with Crippen molar-refractivity contribution in [1.82, 2.24) is 4.98 Å². The molecule has 1 fully saturated rings. The third-order valence-electron chi connectivity index (χ3n) is 2.01. The molecule has 70 valence electrons. The molecule has 4 heteroatoms. The molecule has 13 heavy (non-hydrogen) atoms. The third-order valence-corrected chi connectivity index (χ3v) is 2.23. The van der Waals surface area contributed by atoms with E-state index in [9.17, 15) is 0 Å². The second kappa shape index (κ2) is 3.94. The molecule has 2 rings (SSSR count). The van der Waals surface area contributed by atoms with Gasteiger partial charge in [-0.25, -0.2) is 4.98 Å². The Kier molecular flexibility index (Phi) is 2.66. The lowest BCUT2D eigenvalue weighted by Crippen LogP contribution is -2.19. The summed E-state index contributed by atoms with van der Waals surface area (Å²) in [5, 5.41) is 3.93. The highest BCUT2D eigenvalue weighted by Gasteiger charge is 2.14. The Morgan fingerprint density at radius 2 is 2.46 bits per heavy atom. The molecule has 1 aliphatic heterocycles. The SMILES string of the molecule is Clc1ccc(NC2CCOC2)nc1. The second-order valence-corrected chi connectivity index (χ2v) is 3.50. The van der Waals surface area contributed by atoms with Gasteiger partial charge >= 0.3 is 0 Å². The zero-order valence-corrected chi connectivity index (χ0v) is 7.92. The van der Waals surface area contributed by atoms with Crippen LogP contribution in [-0.4, -0.2) is 24.2 Å². The number of aromatic nitrogens is 1. The van der Waals surface area contributed by atoms with E-state index in [1.165, 1.54) is 0 Å². The maximum absolute atomic E-state index is 5.71. The van der Waals surface area contributed by atoms with Crippen molar-refractivity contribution in [2.45, 2.75) is 12.5 Å². The standard InChI is InChI=1S/C9H11ClN2O/c10-7-1-2-9(11-5-7)12-8-3-4-13-6-8/h1-2,5,8H,3-4,6H2,(H,11,12). The molecule has 1 N–H and O–H groups in total. The lowest BCUT2D eigenvalue weighted by Gasteiger charge is -2.10. The summed E-state index contributed by atoms with van der Waals surface area (Å²) >= 11 is 5.71. The van der Waals surface area contributed by atoms with Crippen LogP contribution in [0, 0.1) is 0 Å². The van der Waals surface area contributed by atoms with Crippen molar-refractivity contribution in [1.29, 1.82) is 0 Å². The van der Waals surface area contributed by atoms with E-state index < -0.39 is 0 Å². The number of pyridine rings is 1. The van der Waals surface area contributed by atoms with E-state index in [1.807, 2.05) is 12.1 Å². The molecule has 2 heterocycles. The zero-order chi connectivity index (χ0) is 9.10. The van der Waals surface area contributed by atoms with Crippen molar-refractivity contribution in [3.05, 3.63) is 23.4 Å². The molecule has 0 aromatic carbocycles. The number of nitrogens with one attached hydrogen (secondary N) is 1. The van der Waals surface area contributed by atoms with Gasteiger partial charge in [0.25, 0.3) is 0 Å². The summed E-state index contributed by atoms with van der Waals surface area (Å²) in [6.45, 7) is 1.61. The largest absolute Gasteiger partial charge is 0.379 e. The summed E-state index contributed by atoms with van der Waals surface area (Å²) in [4.78, 5) is 4.14. The van der Waals surface area contributed by atoms with E-state index in [1.54, 1.807) is 6.20 Å². The van der Waals surface area contributed by atoms with E-state index in [-0.39, 0.29) is 0 Å². The Bertz CT molecular complexity index is 269. The Labute approximate surface area is 82.1 Å². The maximum Gasteiger partial charge on any atom is 0.126 e. The number of hydrogen-bond acceptors (Lipinski definition) is 3. The van der Waals surface area contributed by atoms with Crippen LogP contribution < -0.4 is 5.32 Å². The molecule has 1 aliphatic rings. The van der Waals surface area contributed by atoms with E-state index in [2.05, 4.69) is 10.3 Å². The zero-order valence-electron chi connectivity index (χ0n) is 7.16. The Hall–Kier alpha value is -0.800. The van der Waals surface area contributed by atoms with E-state index >= 15 is 0 Å². The molecule has 0 bridgehead atoms. The van der Waals surface area contributed by atoms with Crippen LogP contribution in [0.15, 0.2) is 18.3 Å². The summed E-state index contributed by atoms with van der Waals surface area (Å²) < 4.78 is 5.24. The third kappa shape index (κ3) is 2.32. The monoisotopic (exact) mass is 198 g/mol. The topological polar surface area (TPSA) is 34.1 Å². The second-order valence-electron chi connectivity index (χ2n) is 3.07. The van der Waals surface area contributed by atoms with Crippen LogP contribution in [0.3, 0.4) is 0 Å². The lowest BCUT2D eigenvalue weighted by atomic mass is 10.2. The molecule has 3 nitrogen and oxygen atoms in total. The van der Waals surface area contributed by atoms with E-state index in [0.29, 0.717) is 11.1 Å². The van der Waals surface area contributed by atoms with Crippen LogP contribution >= 0.6 is 11.6 Å². The van der Waals surface area contributed by atoms with Gasteiger partial charge in [0.05, 0.1) is 17.7 Å². The predicted molar refractivity (Wildman–Crippen MR) is 52.1 cm³/mol. The minimum Gasteiger partial charge on any atom is -0.379 e. The molecule has 1 aromatic heterocycles. The Morgan fingerprint density at radius 1 is 1.54 bits per heavy atom. The molecule has 0 spiro atoms. The summed E-state index contributed by atoms with van der Waals surface area (Å²) in [6, 6.07) is 4.10. The van der Waals surface area contributed by atoms with Crippen molar-refractivity contribution in [2.24, 2.45) is 0 Å². The lowest BCUT2D eigenvalue weighted by molar-refractivity contribution is 0.195. The maximum atomic E-state index is 5.71. The number of nitrogens with zero attached hydrogens (tertiary/aromatic N) is 1. The van der Waals surface area contributed by atoms with Crippen LogP contribution in [0.4, 0.5) is 5.82 Å². The highest BCUT2D eigenvalue weighted by atomic mass is 35.5. The Balaban J connectivity index is 1.97. The Morgan fingerprint density at radius 3 is 3.08 bits per heavy atom. The van der Waals surface area contributed by atoms with E-state index in [0.717, 1.165) is 25.5 Å². The number of halogens is 1. The van der Waals surface area contributed by atoms with Gasteiger partial charge in [-0.1, -0.05) is 11.6 Å². The van der Waals surface area contributed by atoms with Gasteiger partial charge in [-0.15, -0.1) is 0 Å². The first-order valence-corrected chi connectivity index (χ1v) is 4.68. The highest BCUT2D eigenvalue weighted by molar-refractivity contribution is 6.30. The average molecular weight is 199 g/mol. The normalized spacial score (nSPS) is 21.8. The van der Waals surface area contributed by atoms with Gasteiger partial charge in [0.15, 0.2) is 0 Å². The first-order valence-electron chi connectivity index (χ1n) is 4.30. The molecule has 1 atom stereocenters. The van der Waals surface area contributed by atoms with Gasteiger partial charge < -0.3 is 10.1 Å². The van der Waals surface area contributed by atoms with Gasteiger partial charge in [-0.3, -0.25) is 0 Å². The fraction of sp³-hybridized carbons (Fsp3) is 0.444. The van der Waals surface area contributed by atoms with Gasteiger partial charge in [0.1, 0.15) is 5.82 Å². The molecule has 0 saturated carbocycles. The number of hydrogen-bond donors (Lipinski definition) is 1. The van der Waals surface area contributed by atoms with Crippen molar-refractivity contribution in [2.75, 3.05) is 18.5 Å².